The number of carbonyl (C=O) groups is 1. The molecule has 0 aromatic heterocycles. The number of rotatable bonds is 6. The number of nitrogens with two attached hydrogens (primary N) is 1. The van der Waals surface area contributed by atoms with Gasteiger partial charge in [-0.2, -0.15) is 0 Å². The maximum absolute atomic E-state index is 13.0. The van der Waals surface area contributed by atoms with E-state index in [0.29, 0.717) is 26.0 Å². The SMILES string of the molecule is COCCN(C(=O)C1(C(N)=NO)CCCCC1)C(C)C. The Kier molecular flexibility index (Phi) is 6.26. The molecule has 0 aromatic rings. The molecule has 1 rings (SSSR count). The lowest BCUT2D eigenvalue weighted by atomic mass is 9.72. The summed E-state index contributed by atoms with van der Waals surface area (Å²) in [6.07, 6.45) is 4.25. The standard InChI is InChI=1S/C14H27N3O3/c1-11(2)17(9-10-20-3)13(18)14(12(15)16-19)7-5-4-6-8-14/h11,19H,4-10H2,1-3H3,(H2,15,16). The average molecular weight is 285 g/mol. The second-order valence-corrected chi connectivity index (χ2v) is 5.71. The van der Waals surface area contributed by atoms with Crippen molar-refractivity contribution in [2.45, 2.75) is 52.0 Å². The molecule has 6 heteroatoms. The minimum atomic E-state index is -0.842. The molecule has 0 spiro atoms. The van der Waals surface area contributed by atoms with Crippen molar-refractivity contribution >= 4 is 11.7 Å². The minimum Gasteiger partial charge on any atom is -0.409 e. The van der Waals surface area contributed by atoms with E-state index < -0.39 is 5.41 Å². The molecule has 0 bridgehead atoms. The number of hydrogen-bond acceptors (Lipinski definition) is 4. The van der Waals surface area contributed by atoms with Crippen LogP contribution in [0.1, 0.15) is 46.0 Å². The molecule has 1 fully saturated rings. The van der Waals surface area contributed by atoms with Gasteiger partial charge < -0.3 is 20.6 Å². The summed E-state index contributed by atoms with van der Waals surface area (Å²) in [5, 5.41) is 12.2. The van der Waals surface area contributed by atoms with E-state index >= 15 is 0 Å². The molecular formula is C14H27N3O3. The zero-order valence-electron chi connectivity index (χ0n) is 12.8. The lowest BCUT2D eigenvalue weighted by Crippen LogP contribution is -2.54. The van der Waals surface area contributed by atoms with E-state index in [9.17, 15) is 4.79 Å². The summed E-state index contributed by atoms with van der Waals surface area (Å²) >= 11 is 0. The Morgan fingerprint density at radius 2 is 2.00 bits per heavy atom. The van der Waals surface area contributed by atoms with Gasteiger partial charge in [0.15, 0.2) is 5.84 Å². The van der Waals surface area contributed by atoms with E-state index in [0.717, 1.165) is 19.3 Å². The molecular weight excluding hydrogens is 258 g/mol. The molecule has 1 aliphatic carbocycles. The fraction of sp³-hybridized carbons (Fsp3) is 0.857. The van der Waals surface area contributed by atoms with Crippen molar-refractivity contribution in [3.8, 4) is 0 Å². The van der Waals surface area contributed by atoms with Gasteiger partial charge in [0, 0.05) is 19.7 Å². The number of methoxy groups -OCH3 is 1. The van der Waals surface area contributed by atoms with E-state index in [2.05, 4.69) is 5.16 Å². The summed E-state index contributed by atoms with van der Waals surface area (Å²) in [5.74, 6) is 0.00446. The van der Waals surface area contributed by atoms with Crippen LogP contribution in [0.4, 0.5) is 0 Å². The van der Waals surface area contributed by atoms with Crippen molar-refractivity contribution in [2.75, 3.05) is 20.3 Å². The van der Waals surface area contributed by atoms with Crippen LogP contribution in [0.15, 0.2) is 5.16 Å². The number of ether oxygens (including phenoxy) is 1. The van der Waals surface area contributed by atoms with E-state index in [1.807, 2.05) is 13.8 Å². The Morgan fingerprint density at radius 1 is 1.40 bits per heavy atom. The number of nitrogens with zero attached hydrogens (tertiary/aromatic N) is 2. The van der Waals surface area contributed by atoms with Crippen LogP contribution in [0.25, 0.3) is 0 Å². The molecule has 0 unspecified atom stereocenters. The van der Waals surface area contributed by atoms with E-state index in [1.165, 1.54) is 0 Å². The quantitative estimate of drug-likeness (QED) is 0.335. The second-order valence-electron chi connectivity index (χ2n) is 5.71. The van der Waals surface area contributed by atoms with Crippen molar-refractivity contribution < 1.29 is 14.7 Å². The number of hydrogen-bond donors (Lipinski definition) is 2. The number of oxime groups is 1. The third-order valence-corrected chi connectivity index (χ3v) is 4.14. The van der Waals surface area contributed by atoms with Crippen LogP contribution in [0.5, 0.6) is 0 Å². The van der Waals surface area contributed by atoms with Gasteiger partial charge in [-0.3, -0.25) is 4.79 Å². The highest BCUT2D eigenvalue weighted by Crippen LogP contribution is 2.38. The summed E-state index contributed by atoms with van der Waals surface area (Å²) in [7, 11) is 1.61. The predicted molar refractivity (Wildman–Crippen MR) is 77.7 cm³/mol. The van der Waals surface area contributed by atoms with Crippen LogP contribution in [-0.4, -0.2) is 48.2 Å². The second kappa shape index (κ2) is 7.47. The van der Waals surface area contributed by atoms with Gasteiger partial charge in [0.25, 0.3) is 0 Å². The van der Waals surface area contributed by atoms with Crippen molar-refractivity contribution in [2.24, 2.45) is 16.3 Å². The van der Waals surface area contributed by atoms with Crippen LogP contribution < -0.4 is 5.73 Å². The van der Waals surface area contributed by atoms with Crippen molar-refractivity contribution in [3.05, 3.63) is 0 Å². The molecule has 0 radical (unpaired) electrons. The first-order valence-corrected chi connectivity index (χ1v) is 7.27. The molecule has 0 atom stereocenters. The summed E-state index contributed by atoms with van der Waals surface area (Å²) in [5.41, 5.74) is 5.03. The van der Waals surface area contributed by atoms with Crippen molar-refractivity contribution in [1.82, 2.24) is 4.90 Å². The van der Waals surface area contributed by atoms with Crippen LogP contribution >= 0.6 is 0 Å². The first-order chi connectivity index (χ1) is 9.49. The average Bonchev–Trinajstić information content (AvgIpc) is 2.46. The number of amidine groups is 1. The Morgan fingerprint density at radius 3 is 2.45 bits per heavy atom. The fourth-order valence-corrected chi connectivity index (χ4v) is 2.89. The molecule has 0 saturated heterocycles. The Balaban J connectivity index is 3.01. The molecule has 6 nitrogen and oxygen atoms in total. The summed E-state index contributed by atoms with van der Waals surface area (Å²) in [6, 6.07) is 0.0583. The molecule has 1 amide bonds. The van der Waals surface area contributed by atoms with E-state index in [4.69, 9.17) is 15.7 Å². The fourth-order valence-electron chi connectivity index (χ4n) is 2.89. The van der Waals surface area contributed by atoms with Crippen molar-refractivity contribution in [3.63, 3.8) is 0 Å². The first kappa shape index (κ1) is 16.8. The lowest BCUT2D eigenvalue weighted by Gasteiger charge is -2.40. The molecule has 116 valence electrons. The van der Waals surface area contributed by atoms with Gasteiger partial charge in [-0.25, -0.2) is 0 Å². The van der Waals surface area contributed by atoms with Gasteiger partial charge in [0.2, 0.25) is 5.91 Å². The summed E-state index contributed by atoms with van der Waals surface area (Å²) < 4.78 is 5.07. The summed E-state index contributed by atoms with van der Waals surface area (Å²) in [4.78, 5) is 14.7. The van der Waals surface area contributed by atoms with Gasteiger partial charge in [-0.15, -0.1) is 0 Å². The topological polar surface area (TPSA) is 88.2 Å². The monoisotopic (exact) mass is 285 g/mol. The van der Waals surface area contributed by atoms with E-state index in [-0.39, 0.29) is 17.8 Å². The van der Waals surface area contributed by atoms with Crippen molar-refractivity contribution in [1.29, 1.82) is 0 Å². The zero-order chi connectivity index (χ0) is 15.2. The first-order valence-electron chi connectivity index (χ1n) is 7.27. The number of amides is 1. The zero-order valence-corrected chi connectivity index (χ0v) is 12.8. The normalized spacial score (nSPS) is 19.1. The van der Waals surface area contributed by atoms with Crippen LogP contribution in [0.2, 0.25) is 0 Å². The highest BCUT2D eigenvalue weighted by molar-refractivity contribution is 6.06. The minimum absolute atomic E-state index is 0.0421. The Labute approximate surface area is 120 Å². The van der Waals surface area contributed by atoms with Crippen LogP contribution in [0.3, 0.4) is 0 Å². The third kappa shape index (κ3) is 3.42. The molecule has 0 heterocycles. The summed E-state index contributed by atoms with van der Waals surface area (Å²) in [6.45, 7) is 4.94. The molecule has 0 aliphatic heterocycles. The third-order valence-electron chi connectivity index (χ3n) is 4.14. The predicted octanol–water partition coefficient (Wildman–Crippen LogP) is 1.57. The smallest absolute Gasteiger partial charge is 0.236 e. The molecule has 1 aliphatic rings. The number of carbonyl (C=O) groups excluding carboxylic acids is 1. The van der Waals surface area contributed by atoms with Gasteiger partial charge in [-0.1, -0.05) is 24.4 Å². The maximum Gasteiger partial charge on any atom is 0.236 e. The Bertz CT molecular complexity index is 350. The largest absolute Gasteiger partial charge is 0.409 e. The van der Waals surface area contributed by atoms with Gasteiger partial charge in [0.05, 0.1) is 6.61 Å². The van der Waals surface area contributed by atoms with Gasteiger partial charge in [-0.05, 0) is 26.7 Å². The van der Waals surface area contributed by atoms with Gasteiger partial charge in [0.1, 0.15) is 5.41 Å². The maximum atomic E-state index is 13.0. The van der Waals surface area contributed by atoms with Gasteiger partial charge >= 0.3 is 0 Å². The molecule has 20 heavy (non-hydrogen) atoms. The molecule has 1 saturated carbocycles. The van der Waals surface area contributed by atoms with Crippen LogP contribution in [-0.2, 0) is 9.53 Å². The highest BCUT2D eigenvalue weighted by atomic mass is 16.5. The molecule has 0 aromatic carbocycles. The van der Waals surface area contributed by atoms with Crippen LogP contribution in [0, 0.1) is 5.41 Å². The highest BCUT2D eigenvalue weighted by Gasteiger charge is 2.46. The Hall–Kier alpha value is -1.30. The molecule has 3 N–H and O–H groups in total. The van der Waals surface area contributed by atoms with E-state index in [1.54, 1.807) is 12.0 Å². The lowest BCUT2D eigenvalue weighted by molar-refractivity contribution is -0.142.